The number of aromatic nitrogens is 3. The number of rotatable bonds is 7. The first kappa shape index (κ1) is 13.4. The van der Waals surface area contributed by atoms with Crippen LogP contribution in [0.5, 0.6) is 12.0 Å². The number of hydrogen-bond acceptors (Lipinski definition) is 7. The molecule has 0 radical (unpaired) electrons. The minimum atomic E-state index is 0.0380. The Morgan fingerprint density at radius 3 is 2.06 bits per heavy atom. The van der Waals surface area contributed by atoms with E-state index in [1.54, 1.807) is 0 Å². The Balaban J connectivity index is 2.99. The van der Waals surface area contributed by atoms with Crippen LogP contribution >= 0.6 is 0 Å². The summed E-state index contributed by atoms with van der Waals surface area (Å²) in [4.78, 5) is 14.0. The zero-order chi connectivity index (χ0) is 12.7. The first-order valence-electron chi connectivity index (χ1n) is 5.45. The number of nitrogens with zero attached hydrogens (tertiary/aromatic N) is 4. The fraction of sp³-hybridized carbons (Fsp3) is 0.700. The van der Waals surface area contributed by atoms with Crippen molar-refractivity contribution >= 4 is 5.95 Å². The number of ether oxygens (including phenoxy) is 2. The normalized spacial score (nSPS) is 10.1. The standard InChI is InChI=1S/C10H18N4O3/c1-4-5-14(6-7-15)8-11-9(16-2)13-10(12-8)17-3/h15H,4-7H2,1-3H3. The van der Waals surface area contributed by atoms with Crippen LogP contribution < -0.4 is 14.4 Å². The van der Waals surface area contributed by atoms with Gasteiger partial charge in [-0.05, 0) is 6.42 Å². The Morgan fingerprint density at radius 1 is 1.06 bits per heavy atom. The largest absolute Gasteiger partial charge is 0.467 e. The Morgan fingerprint density at radius 2 is 1.65 bits per heavy atom. The summed E-state index contributed by atoms with van der Waals surface area (Å²) in [6, 6.07) is 0.400. The molecule has 17 heavy (non-hydrogen) atoms. The maximum atomic E-state index is 9.00. The van der Waals surface area contributed by atoms with Crippen molar-refractivity contribution in [3.63, 3.8) is 0 Å². The number of methoxy groups -OCH3 is 2. The van der Waals surface area contributed by atoms with Gasteiger partial charge in [-0.15, -0.1) is 4.98 Å². The molecule has 0 atom stereocenters. The van der Waals surface area contributed by atoms with E-state index in [4.69, 9.17) is 14.6 Å². The van der Waals surface area contributed by atoms with Gasteiger partial charge in [-0.3, -0.25) is 0 Å². The lowest BCUT2D eigenvalue weighted by Crippen LogP contribution is -2.29. The molecule has 0 spiro atoms. The summed E-state index contributed by atoms with van der Waals surface area (Å²) in [5, 5.41) is 9.00. The average molecular weight is 242 g/mol. The van der Waals surface area contributed by atoms with Crippen molar-refractivity contribution in [1.82, 2.24) is 15.0 Å². The van der Waals surface area contributed by atoms with E-state index in [1.807, 2.05) is 11.8 Å². The van der Waals surface area contributed by atoms with E-state index >= 15 is 0 Å². The molecule has 0 saturated heterocycles. The van der Waals surface area contributed by atoms with E-state index in [-0.39, 0.29) is 18.6 Å². The lowest BCUT2D eigenvalue weighted by Gasteiger charge is -2.20. The van der Waals surface area contributed by atoms with Crippen LogP contribution in [-0.4, -0.2) is 54.0 Å². The third kappa shape index (κ3) is 3.70. The highest BCUT2D eigenvalue weighted by atomic mass is 16.5. The predicted molar refractivity (Wildman–Crippen MR) is 62.5 cm³/mol. The van der Waals surface area contributed by atoms with E-state index in [2.05, 4.69) is 15.0 Å². The van der Waals surface area contributed by atoms with Crippen LogP contribution in [-0.2, 0) is 0 Å². The van der Waals surface area contributed by atoms with Gasteiger partial charge in [0.25, 0.3) is 0 Å². The zero-order valence-electron chi connectivity index (χ0n) is 10.4. The number of aliphatic hydroxyl groups excluding tert-OH is 1. The average Bonchev–Trinajstić information content (AvgIpc) is 2.37. The van der Waals surface area contributed by atoms with Crippen LogP contribution in [0.15, 0.2) is 0 Å². The van der Waals surface area contributed by atoms with E-state index in [9.17, 15) is 0 Å². The quantitative estimate of drug-likeness (QED) is 0.726. The molecule has 0 aliphatic heterocycles. The summed E-state index contributed by atoms with van der Waals surface area (Å²) in [5.41, 5.74) is 0. The molecule has 0 bridgehead atoms. The van der Waals surface area contributed by atoms with E-state index in [0.29, 0.717) is 12.5 Å². The van der Waals surface area contributed by atoms with Gasteiger partial charge in [0.05, 0.1) is 20.8 Å². The maximum Gasteiger partial charge on any atom is 0.324 e. The SMILES string of the molecule is CCCN(CCO)c1nc(OC)nc(OC)n1. The van der Waals surface area contributed by atoms with Crippen molar-refractivity contribution < 1.29 is 14.6 Å². The minimum absolute atomic E-state index is 0.0380. The molecule has 1 aromatic rings. The third-order valence-corrected chi connectivity index (χ3v) is 2.09. The van der Waals surface area contributed by atoms with Crippen molar-refractivity contribution in [1.29, 1.82) is 0 Å². The monoisotopic (exact) mass is 242 g/mol. The van der Waals surface area contributed by atoms with Gasteiger partial charge < -0.3 is 19.5 Å². The molecule has 96 valence electrons. The molecule has 0 aliphatic rings. The molecule has 1 N–H and O–H groups in total. The van der Waals surface area contributed by atoms with Crippen molar-refractivity contribution in [2.75, 3.05) is 38.8 Å². The molecule has 0 aromatic carbocycles. The lowest BCUT2D eigenvalue weighted by atomic mass is 10.4. The molecular formula is C10H18N4O3. The molecule has 0 aliphatic carbocycles. The molecule has 1 aromatic heterocycles. The summed E-state index contributed by atoms with van der Waals surface area (Å²) < 4.78 is 9.94. The van der Waals surface area contributed by atoms with Crippen LogP contribution in [0.4, 0.5) is 5.95 Å². The van der Waals surface area contributed by atoms with Crippen LogP contribution in [0.2, 0.25) is 0 Å². The second-order valence-electron chi connectivity index (χ2n) is 3.32. The summed E-state index contributed by atoms with van der Waals surface area (Å²) in [5.74, 6) is 0.449. The van der Waals surface area contributed by atoms with Crippen molar-refractivity contribution in [3.05, 3.63) is 0 Å². The van der Waals surface area contributed by atoms with Crippen LogP contribution in [0, 0.1) is 0 Å². The van der Waals surface area contributed by atoms with Gasteiger partial charge in [0.15, 0.2) is 0 Å². The van der Waals surface area contributed by atoms with Gasteiger partial charge in [0, 0.05) is 13.1 Å². The number of aliphatic hydroxyl groups is 1. The van der Waals surface area contributed by atoms with Gasteiger partial charge in [0.2, 0.25) is 5.95 Å². The highest BCUT2D eigenvalue weighted by Crippen LogP contribution is 2.15. The molecule has 0 fully saturated rings. The highest BCUT2D eigenvalue weighted by molar-refractivity contribution is 5.32. The Bertz CT molecular complexity index is 320. The first-order valence-corrected chi connectivity index (χ1v) is 5.45. The molecule has 1 heterocycles. The lowest BCUT2D eigenvalue weighted by molar-refractivity contribution is 0.299. The topological polar surface area (TPSA) is 80.6 Å². The summed E-state index contributed by atoms with van der Waals surface area (Å²) in [6.07, 6.45) is 0.927. The Hall–Kier alpha value is -1.63. The van der Waals surface area contributed by atoms with E-state index in [1.165, 1.54) is 14.2 Å². The Labute approximate surface area is 100 Å². The fourth-order valence-corrected chi connectivity index (χ4v) is 1.35. The summed E-state index contributed by atoms with van der Waals surface area (Å²) in [6.45, 7) is 3.29. The van der Waals surface area contributed by atoms with E-state index in [0.717, 1.165) is 13.0 Å². The third-order valence-electron chi connectivity index (χ3n) is 2.09. The highest BCUT2D eigenvalue weighted by Gasteiger charge is 2.13. The second-order valence-corrected chi connectivity index (χ2v) is 3.32. The Kier molecular flexibility index (Phi) is 5.41. The fourth-order valence-electron chi connectivity index (χ4n) is 1.35. The van der Waals surface area contributed by atoms with Crippen LogP contribution in [0.1, 0.15) is 13.3 Å². The van der Waals surface area contributed by atoms with Gasteiger partial charge in [-0.25, -0.2) is 0 Å². The number of hydrogen-bond donors (Lipinski definition) is 1. The maximum absolute atomic E-state index is 9.00. The number of anilines is 1. The van der Waals surface area contributed by atoms with Gasteiger partial charge in [0.1, 0.15) is 0 Å². The van der Waals surface area contributed by atoms with E-state index < -0.39 is 0 Å². The molecule has 0 amide bonds. The minimum Gasteiger partial charge on any atom is -0.467 e. The second kappa shape index (κ2) is 6.85. The molecule has 0 saturated carbocycles. The molecule has 1 rings (SSSR count). The summed E-state index contributed by atoms with van der Waals surface area (Å²) in [7, 11) is 2.96. The first-order chi connectivity index (χ1) is 8.24. The van der Waals surface area contributed by atoms with Crippen molar-refractivity contribution in [2.45, 2.75) is 13.3 Å². The molecule has 7 nitrogen and oxygen atoms in total. The van der Waals surface area contributed by atoms with Gasteiger partial charge in [-0.2, -0.15) is 9.97 Å². The molecule has 7 heteroatoms. The molecular weight excluding hydrogens is 224 g/mol. The van der Waals surface area contributed by atoms with Crippen LogP contribution in [0.3, 0.4) is 0 Å². The summed E-state index contributed by atoms with van der Waals surface area (Å²) >= 11 is 0. The van der Waals surface area contributed by atoms with Crippen molar-refractivity contribution in [2.24, 2.45) is 0 Å². The smallest absolute Gasteiger partial charge is 0.324 e. The molecule has 0 unspecified atom stereocenters. The van der Waals surface area contributed by atoms with Crippen LogP contribution in [0.25, 0.3) is 0 Å². The van der Waals surface area contributed by atoms with Gasteiger partial charge in [-0.1, -0.05) is 6.92 Å². The van der Waals surface area contributed by atoms with Crippen molar-refractivity contribution in [3.8, 4) is 12.0 Å². The van der Waals surface area contributed by atoms with Gasteiger partial charge >= 0.3 is 12.0 Å². The predicted octanol–water partition coefficient (Wildman–Crippen LogP) is 0.0975. The zero-order valence-corrected chi connectivity index (χ0v) is 10.4.